The largest absolute Gasteiger partial charge is 0.455 e. The number of Topliss-reactive ketones (excluding diaryl/α,β-unsaturated/α-hetero) is 1. The monoisotopic (exact) mass is 264 g/mol. The summed E-state index contributed by atoms with van der Waals surface area (Å²) in [6.07, 6.45) is 3.63. The smallest absolute Gasteiger partial charge is 0.303 e. The van der Waals surface area contributed by atoms with Gasteiger partial charge in [0.2, 0.25) is 0 Å². The predicted octanol–water partition coefficient (Wildman–Crippen LogP) is 2.97. The minimum atomic E-state index is -0.471. The fourth-order valence-electron chi connectivity index (χ4n) is 5.57. The summed E-state index contributed by atoms with van der Waals surface area (Å²) in [5.41, 5.74) is 0.0544. The zero-order chi connectivity index (χ0) is 14.0. The molecule has 3 saturated carbocycles. The van der Waals surface area contributed by atoms with Gasteiger partial charge in [-0.1, -0.05) is 20.8 Å². The summed E-state index contributed by atoms with van der Waals surface area (Å²) in [5.74, 6) is 1.38. The molecule has 19 heavy (non-hydrogen) atoms. The lowest BCUT2D eigenvalue weighted by Crippen LogP contribution is -2.41. The first-order valence-corrected chi connectivity index (χ1v) is 7.50. The first-order chi connectivity index (χ1) is 8.79. The molecule has 0 amide bonds. The van der Waals surface area contributed by atoms with E-state index < -0.39 is 6.10 Å². The number of carbonyl (C=O) groups is 2. The van der Waals surface area contributed by atoms with Gasteiger partial charge >= 0.3 is 5.97 Å². The van der Waals surface area contributed by atoms with Crippen molar-refractivity contribution >= 4 is 11.8 Å². The van der Waals surface area contributed by atoms with Crippen molar-refractivity contribution in [3.63, 3.8) is 0 Å². The van der Waals surface area contributed by atoms with Crippen LogP contribution in [-0.4, -0.2) is 17.9 Å². The highest BCUT2D eigenvalue weighted by Crippen LogP contribution is 2.69. The molecule has 0 unspecified atom stereocenters. The van der Waals surface area contributed by atoms with Crippen LogP contribution in [0.3, 0.4) is 0 Å². The molecule has 0 aliphatic heterocycles. The highest BCUT2D eigenvalue weighted by molar-refractivity contribution is 5.94. The molecule has 0 saturated heterocycles. The average molecular weight is 264 g/mol. The van der Waals surface area contributed by atoms with Crippen LogP contribution >= 0.6 is 0 Å². The van der Waals surface area contributed by atoms with Gasteiger partial charge in [0.05, 0.1) is 0 Å². The number of ketones is 1. The van der Waals surface area contributed by atoms with Gasteiger partial charge in [-0.25, -0.2) is 0 Å². The van der Waals surface area contributed by atoms with Gasteiger partial charge in [0, 0.05) is 12.3 Å². The van der Waals surface area contributed by atoms with E-state index >= 15 is 0 Å². The van der Waals surface area contributed by atoms with Crippen LogP contribution in [0.15, 0.2) is 0 Å². The second-order valence-electron chi connectivity index (χ2n) is 7.60. The van der Waals surface area contributed by atoms with E-state index in [1.807, 2.05) is 0 Å². The standard InChI is InChI=1S/C16H24O3/c1-9-5-6-11-12-7-13(19-10(2)17)14(18)16(9,12)8-15(11,3)4/h9,11-13H,5-8H2,1-4H3/t9-,11-,12-,13+,16-/m1/s1. The molecular weight excluding hydrogens is 240 g/mol. The van der Waals surface area contributed by atoms with E-state index in [2.05, 4.69) is 20.8 Å². The van der Waals surface area contributed by atoms with Crippen molar-refractivity contribution in [1.82, 2.24) is 0 Å². The fourth-order valence-corrected chi connectivity index (χ4v) is 5.57. The second kappa shape index (κ2) is 3.83. The molecule has 3 fully saturated rings. The summed E-state index contributed by atoms with van der Waals surface area (Å²) in [7, 11) is 0. The van der Waals surface area contributed by atoms with Crippen molar-refractivity contribution in [2.24, 2.45) is 28.6 Å². The number of carbonyl (C=O) groups excluding carboxylic acids is 2. The zero-order valence-electron chi connectivity index (χ0n) is 12.4. The predicted molar refractivity (Wildman–Crippen MR) is 71.4 cm³/mol. The van der Waals surface area contributed by atoms with Crippen molar-refractivity contribution in [3.05, 3.63) is 0 Å². The first kappa shape index (κ1) is 13.1. The minimum absolute atomic E-state index is 0.202. The number of rotatable bonds is 1. The van der Waals surface area contributed by atoms with Gasteiger partial charge in [-0.05, 0) is 48.9 Å². The Labute approximate surface area is 115 Å². The van der Waals surface area contributed by atoms with E-state index in [4.69, 9.17) is 4.74 Å². The molecule has 5 atom stereocenters. The van der Waals surface area contributed by atoms with Crippen LogP contribution < -0.4 is 0 Å². The molecule has 3 aliphatic carbocycles. The highest BCUT2D eigenvalue weighted by Gasteiger charge is 2.69. The number of esters is 1. The van der Waals surface area contributed by atoms with Crippen molar-refractivity contribution in [1.29, 1.82) is 0 Å². The van der Waals surface area contributed by atoms with Crippen LogP contribution in [0.4, 0.5) is 0 Å². The lowest BCUT2D eigenvalue weighted by Gasteiger charge is -2.40. The topological polar surface area (TPSA) is 43.4 Å². The van der Waals surface area contributed by atoms with Crippen LogP contribution in [0.2, 0.25) is 0 Å². The molecule has 3 aliphatic rings. The molecule has 0 aromatic carbocycles. The van der Waals surface area contributed by atoms with Crippen molar-refractivity contribution in [2.75, 3.05) is 0 Å². The number of ether oxygens (including phenoxy) is 1. The summed E-state index contributed by atoms with van der Waals surface area (Å²) < 4.78 is 5.29. The van der Waals surface area contributed by atoms with Gasteiger partial charge < -0.3 is 4.74 Å². The quantitative estimate of drug-likeness (QED) is 0.684. The molecule has 0 radical (unpaired) electrons. The van der Waals surface area contributed by atoms with E-state index in [1.165, 1.54) is 13.3 Å². The second-order valence-corrected chi connectivity index (χ2v) is 7.60. The van der Waals surface area contributed by atoms with Crippen LogP contribution in [0.25, 0.3) is 0 Å². The Bertz CT molecular complexity index is 439. The fraction of sp³-hybridized carbons (Fsp3) is 0.875. The maximum atomic E-state index is 12.9. The Hall–Kier alpha value is -0.860. The van der Waals surface area contributed by atoms with E-state index in [0.717, 1.165) is 19.3 Å². The van der Waals surface area contributed by atoms with E-state index in [9.17, 15) is 9.59 Å². The lowest BCUT2D eigenvalue weighted by molar-refractivity contribution is -0.154. The third-order valence-electron chi connectivity index (χ3n) is 6.22. The van der Waals surface area contributed by atoms with Gasteiger partial charge in [0.1, 0.15) is 0 Å². The Balaban J connectivity index is 1.98. The van der Waals surface area contributed by atoms with Crippen LogP contribution in [-0.2, 0) is 14.3 Å². The Morgan fingerprint density at radius 2 is 1.95 bits per heavy atom. The van der Waals surface area contributed by atoms with Crippen LogP contribution in [0, 0.1) is 28.6 Å². The summed E-state index contributed by atoms with van der Waals surface area (Å²) in [6, 6.07) is 0. The Morgan fingerprint density at radius 3 is 2.53 bits per heavy atom. The first-order valence-electron chi connectivity index (χ1n) is 7.50. The third kappa shape index (κ3) is 1.56. The minimum Gasteiger partial charge on any atom is -0.455 e. The lowest BCUT2D eigenvalue weighted by atomic mass is 9.63. The Kier molecular flexibility index (Phi) is 2.65. The summed E-state index contributed by atoms with van der Waals surface area (Å²) in [6.45, 7) is 8.24. The zero-order valence-corrected chi connectivity index (χ0v) is 12.4. The molecule has 0 heterocycles. The highest BCUT2D eigenvalue weighted by atomic mass is 16.5. The summed E-state index contributed by atoms with van der Waals surface area (Å²) in [4.78, 5) is 24.1. The normalized spacial score (nSPS) is 47.1. The van der Waals surface area contributed by atoms with E-state index in [0.29, 0.717) is 17.8 Å². The molecule has 3 rings (SSSR count). The van der Waals surface area contributed by atoms with E-state index in [-0.39, 0.29) is 22.6 Å². The van der Waals surface area contributed by atoms with E-state index in [1.54, 1.807) is 0 Å². The van der Waals surface area contributed by atoms with Gasteiger partial charge in [-0.2, -0.15) is 0 Å². The Morgan fingerprint density at radius 1 is 1.26 bits per heavy atom. The van der Waals surface area contributed by atoms with Crippen LogP contribution in [0.5, 0.6) is 0 Å². The van der Waals surface area contributed by atoms with Gasteiger partial charge in [0.25, 0.3) is 0 Å². The van der Waals surface area contributed by atoms with Crippen molar-refractivity contribution in [3.8, 4) is 0 Å². The third-order valence-corrected chi connectivity index (χ3v) is 6.22. The summed E-state index contributed by atoms with van der Waals surface area (Å²) >= 11 is 0. The van der Waals surface area contributed by atoms with Crippen LogP contribution in [0.1, 0.15) is 53.4 Å². The number of hydrogen-bond acceptors (Lipinski definition) is 3. The molecule has 0 spiro atoms. The summed E-state index contributed by atoms with van der Waals surface area (Å²) in [5, 5.41) is 0. The maximum absolute atomic E-state index is 12.9. The number of hydrogen-bond donors (Lipinski definition) is 0. The molecule has 106 valence electrons. The van der Waals surface area contributed by atoms with Gasteiger partial charge in [-0.15, -0.1) is 0 Å². The van der Waals surface area contributed by atoms with Gasteiger partial charge in [0.15, 0.2) is 11.9 Å². The van der Waals surface area contributed by atoms with Gasteiger partial charge in [-0.3, -0.25) is 9.59 Å². The average Bonchev–Trinajstić information content (AvgIpc) is 2.62. The molecule has 0 aromatic rings. The molecule has 0 N–H and O–H groups in total. The molecule has 3 nitrogen and oxygen atoms in total. The molecule has 0 aromatic heterocycles. The maximum Gasteiger partial charge on any atom is 0.303 e. The van der Waals surface area contributed by atoms with Crippen molar-refractivity contribution < 1.29 is 14.3 Å². The molecule has 3 heteroatoms. The molecule has 2 bridgehead atoms. The molecular formula is C16H24O3. The van der Waals surface area contributed by atoms with Crippen molar-refractivity contribution in [2.45, 2.75) is 59.5 Å². The SMILES string of the molecule is CC(=O)O[C@H]1C[C@@H]2[C@H]3CC[C@@H](C)[C@@]2(CC3(C)C)C1=O.